The Hall–Kier alpha value is -6.90. The fraction of sp³-hybridized carbons (Fsp3) is 0.318. The van der Waals surface area contributed by atoms with E-state index in [1.54, 1.807) is 31.1 Å². The number of ether oxygens (including phenoxy) is 2. The van der Waals surface area contributed by atoms with Crippen LogP contribution in [-0.4, -0.2) is 90.6 Å². The highest BCUT2D eigenvalue weighted by Gasteiger charge is 2.42. The van der Waals surface area contributed by atoms with Gasteiger partial charge in [-0.15, -0.1) is 0 Å². The van der Waals surface area contributed by atoms with E-state index in [0.717, 1.165) is 75.8 Å². The van der Waals surface area contributed by atoms with E-state index in [-0.39, 0.29) is 23.9 Å². The number of hydrogen-bond acceptors (Lipinski definition) is 8. The maximum atomic E-state index is 14.1. The summed E-state index contributed by atoms with van der Waals surface area (Å²) >= 11 is 0. The first-order valence-corrected chi connectivity index (χ1v) is 19.8. The molecule has 59 heavy (non-hydrogen) atoms. The molecule has 15 heteroatoms. The Labute approximate surface area is 340 Å². The zero-order valence-electron chi connectivity index (χ0n) is 33.2. The number of hydrogen-bond donors (Lipinski definition) is 5. The van der Waals surface area contributed by atoms with Crippen molar-refractivity contribution in [2.24, 2.45) is 5.73 Å². The molecule has 0 bridgehead atoms. The number of H-pyrrole nitrogens is 3. The van der Waals surface area contributed by atoms with Gasteiger partial charge in [0, 0.05) is 36.6 Å². The summed E-state index contributed by atoms with van der Waals surface area (Å²) in [5.41, 5.74) is 11.4. The van der Waals surface area contributed by atoms with Crippen LogP contribution in [0.2, 0.25) is 0 Å². The number of nitrogens with one attached hydrogen (secondary N) is 4. The Morgan fingerprint density at radius 3 is 1.93 bits per heavy atom. The van der Waals surface area contributed by atoms with E-state index < -0.39 is 23.8 Å². The first kappa shape index (κ1) is 38.9. The number of alkyl carbamates (subject to hydrolysis) is 1. The SMILES string of the molecule is COC(=O)N[C@@H](Cc1c[nH]c2ccccc12)C(=O)N1CCCC1c1ncc(-c2ccc(-c3ccc(-c4cnc([C@@H]5CCCN5C(=O)C(C)(C)OC(N)=O)[nH]4)cc3)cc2)[nH]1. The molecule has 2 aliphatic heterocycles. The van der Waals surface area contributed by atoms with Crippen molar-refractivity contribution in [1.82, 2.24) is 40.0 Å². The fourth-order valence-corrected chi connectivity index (χ4v) is 8.36. The normalized spacial score (nSPS) is 17.3. The Morgan fingerprint density at radius 1 is 0.814 bits per heavy atom. The van der Waals surface area contributed by atoms with Crippen LogP contribution in [0.4, 0.5) is 9.59 Å². The van der Waals surface area contributed by atoms with Gasteiger partial charge in [-0.05, 0) is 73.4 Å². The van der Waals surface area contributed by atoms with Crippen LogP contribution in [0.15, 0.2) is 91.4 Å². The highest BCUT2D eigenvalue weighted by atomic mass is 16.6. The quantitative estimate of drug-likeness (QED) is 0.0943. The summed E-state index contributed by atoms with van der Waals surface area (Å²) < 4.78 is 10.00. The van der Waals surface area contributed by atoms with Crippen LogP contribution in [0.3, 0.4) is 0 Å². The minimum Gasteiger partial charge on any atom is -0.453 e. The molecule has 2 fully saturated rings. The van der Waals surface area contributed by atoms with Crippen molar-refractivity contribution in [1.29, 1.82) is 0 Å². The smallest absolute Gasteiger partial charge is 0.407 e. The van der Waals surface area contributed by atoms with E-state index in [4.69, 9.17) is 20.2 Å². The number of carbonyl (C=O) groups is 4. The van der Waals surface area contributed by atoms with Gasteiger partial charge in [0.15, 0.2) is 5.60 Å². The largest absolute Gasteiger partial charge is 0.453 e. The number of rotatable bonds is 11. The molecule has 4 amide bonds. The fourth-order valence-electron chi connectivity index (χ4n) is 8.36. The number of imidazole rings is 2. The van der Waals surface area contributed by atoms with Gasteiger partial charge in [0.25, 0.3) is 5.91 Å². The molecule has 0 radical (unpaired) electrons. The lowest BCUT2D eigenvalue weighted by Gasteiger charge is -2.31. The van der Waals surface area contributed by atoms with Crippen LogP contribution < -0.4 is 11.1 Å². The van der Waals surface area contributed by atoms with E-state index in [0.29, 0.717) is 31.2 Å². The van der Waals surface area contributed by atoms with Crippen molar-refractivity contribution in [3.05, 3.63) is 109 Å². The number of nitrogens with two attached hydrogens (primary N) is 1. The highest BCUT2D eigenvalue weighted by Crippen LogP contribution is 2.36. The number of likely N-dealkylation sites (tertiary alicyclic amines) is 2. The Morgan fingerprint density at radius 2 is 1.36 bits per heavy atom. The number of carbonyl (C=O) groups excluding carboxylic acids is 4. The molecule has 6 aromatic rings. The molecule has 304 valence electrons. The summed E-state index contributed by atoms with van der Waals surface area (Å²) in [5.74, 6) is 0.876. The van der Waals surface area contributed by atoms with Gasteiger partial charge in [-0.25, -0.2) is 19.6 Å². The summed E-state index contributed by atoms with van der Waals surface area (Å²) in [4.78, 5) is 74.1. The third-order valence-corrected chi connectivity index (χ3v) is 11.3. The summed E-state index contributed by atoms with van der Waals surface area (Å²) in [6.45, 7) is 4.17. The third kappa shape index (κ3) is 8.00. The molecule has 3 atom stereocenters. The summed E-state index contributed by atoms with van der Waals surface area (Å²) in [6.07, 6.45) is 7.21. The minimum absolute atomic E-state index is 0.185. The van der Waals surface area contributed by atoms with Crippen LogP contribution in [0.1, 0.15) is 68.8 Å². The summed E-state index contributed by atoms with van der Waals surface area (Å²) in [6, 6.07) is 22.9. The Bertz CT molecular complexity index is 2490. The van der Waals surface area contributed by atoms with E-state index in [2.05, 4.69) is 49.5 Å². The number of aromatic amines is 3. The lowest BCUT2D eigenvalue weighted by Crippen LogP contribution is -2.49. The molecule has 15 nitrogen and oxygen atoms in total. The van der Waals surface area contributed by atoms with Crippen LogP contribution >= 0.6 is 0 Å². The van der Waals surface area contributed by atoms with Gasteiger partial charge in [0.2, 0.25) is 5.91 Å². The Kier molecular flexibility index (Phi) is 10.7. The average molecular weight is 798 g/mol. The van der Waals surface area contributed by atoms with Gasteiger partial charge in [-0.3, -0.25) is 9.59 Å². The number of amides is 4. The molecule has 5 heterocycles. The second-order valence-electron chi connectivity index (χ2n) is 15.5. The number of benzene rings is 3. The second kappa shape index (κ2) is 16.2. The molecule has 3 aromatic heterocycles. The zero-order chi connectivity index (χ0) is 41.3. The average Bonchev–Trinajstić information content (AvgIpc) is 4.10. The molecule has 0 saturated carbocycles. The number of nitrogens with zero attached hydrogens (tertiary/aromatic N) is 4. The molecule has 3 aromatic carbocycles. The molecule has 1 unspecified atom stereocenters. The van der Waals surface area contributed by atoms with E-state index in [1.807, 2.05) is 59.6 Å². The van der Waals surface area contributed by atoms with Crippen LogP contribution in [0.5, 0.6) is 0 Å². The summed E-state index contributed by atoms with van der Waals surface area (Å²) in [7, 11) is 1.29. The molecule has 2 aliphatic rings. The number of fused-ring (bicyclic) bond motifs is 1. The van der Waals surface area contributed by atoms with Crippen molar-refractivity contribution in [3.8, 4) is 33.6 Å². The summed E-state index contributed by atoms with van der Waals surface area (Å²) in [5, 5.41) is 3.78. The first-order valence-electron chi connectivity index (χ1n) is 19.8. The lowest BCUT2D eigenvalue weighted by molar-refractivity contribution is -0.149. The van der Waals surface area contributed by atoms with Crippen molar-refractivity contribution in [3.63, 3.8) is 0 Å². The Balaban J connectivity index is 0.927. The zero-order valence-corrected chi connectivity index (χ0v) is 33.2. The van der Waals surface area contributed by atoms with Crippen molar-refractivity contribution >= 4 is 34.9 Å². The predicted octanol–water partition coefficient (Wildman–Crippen LogP) is 6.78. The van der Waals surface area contributed by atoms with Crippen molar-refractivity contribution in [2.45, 2.75) is 69.7 Å². The monoisotopic (exact) mass is 797 g/mol. The topological polar surface area (TPSA) is 204 Å². The second-order valence-corrected chi connectivity index (χ2v) is 15.5. The minimum atomic E-state index is -1.38. The van der Waals surface area contributed by atoms with Gasteiger partial charge in [-0.1, -0.05) is 66.7 Å². The standard InChI is InChI=1S/C44H47N9O6/c1-44(2,59-42(45)56)41(55)53-21-7-11-37(53)39-48-25-35(50-39)29-18-14-27(15-19-29)26-12-16-28(17-13-26)34-24-47-38(49-34)36-10-6-20-52(36)40(54)33(51-43(57)58-3)22-30-23-46-32-9-5-4-8-31(30)32/h4-5,8-9,12-19,23-25,33,36-37,46H,6-7,10-11,20-22H2,1-3H3,(H2,45,56)(H,47,49)(H,48,50)(H,51,57)/t33-,36?,37-/m0/s1. The lowest BCUT2D eigenvalue weighted by atomic mass is 10.0. The number of para-hydroxylation sites is 1. The van der Waals surface area contributed by atoms with E-state index in [9.17, 15) is 19.2 Å². The molecular formula is C44H47N9O6. The molecule has 6 N–H and O–H groups in total. The van der Waals surface area contributed by atoms with Gasteiger partial charge < -0.3 is 45.3 Å². The molecule has 0 spiro atoms. The number of primary amides is 1. The van der Waals surface area contributed by atoms with E-state index >= 15 is 0 Å². The van der Waals surface area contributed by atoms with E-state index in [1.165, 1.54) is 7.11 Å². The van der Waals surface area contributed by atoms with Crippen LogP contribution in [0.25, 0.3) is 44.5 Å². The molecule has 2 saturated heterocycles. The van der Waals surface area contributed by atoms with Crippen LogP contribution in [0, 0.1) is 0 Å². The maximum Gasteiger partial charge on any atom is 0.407 e. The van der Waals surface area contributed by atoms with Crippen molar-refractivity contribution < 1.29 is 28.7 Å². The van der Waals surface area contributed by atoms with Gasteiger partial charge in [0.1, 0.15) is 17.7 Å². The molecular weight excluding hydrogens is 751 g/mol. The highest BCUT2D eigenvalue weighted by molar-refractivity contribution is 5.89. The van der Waals surface area contributed by atoms with Crippen LogP contribution in [-0.2, 0) is 25.5 Å². The molecule has 8 rings (SSSR count). The number of aromatic nitrogens is 5. The van der Waals surface area contributed by atoms with Crippen molar-refractivity contribution in [2.75, 3.05) is 20.2 Å². The first-order chi connectivity index (χ1) is 28.5. The number of methoxy groups -OCH3 is 1. The van der Waals surface area contributed by atoms with Gasteiger partial charge in [-0.2, -0.15) is 0 Å². The predicted molar refractivity (Wildman–Crippen MR) is 220 cm³/mol. The maximum absolute atomic E-state index is 14.1. The van der Waals surface area contributed by atoms with Gasteiger partial charge in [0.05, 0.1) is 43.0 Å². The third-order valence-electron chi connectivity index (χ3n) is 11.3. The van der Waals surface area contributed by atoms with Gasteiger partial charge >= 0.3 is 12.2 Å². The molecule has 0 aliphatic carbocycles.